The Bertz CT molecular complexity index is 365. The Morgan fingerprint density at radius 1 is 1.57 bits per heavy atom. The van der Waals surface area contributed by atoms with Crippen molar-refractivity contribution in [2.75, 3.05) is 11.4 Å². The van der Waals surface area contributed by atoms with Crippen LogP contribution in [-0.2, 0) is 4.79 Å². The van der Waals surface area contributed by atoms with Crippen LogP contribution in [0.4, 0.5) is 5.69 Å². The highest BCUT2D eigenvalue weighted by Crippen LogP contribution is 2.29. The predicted molar refractivity (Wildman–Crippen MR) is 51.9 cm³/mol. The summed E-state index contributed by atoms with van der Waals surface area (Å²) in [6.45, 7) is 0.908. The molecule has 0 aliphatic carbocycles. The van der Waals surface area contributed by atoms with Crippen LogP contribution >= 0.6 is 0 Å². The smallest absolute Gasteiger partial charge is 0.244 e. The summed E-state index contributed by atoms with van der Waals surface area (Å²) in [4.78, 5) is 17.7. The lowest BCUT2D eigenvalue weighted by atomic mass is 10.2. The fourth-order valence-corrected chi connectivity index (χ4v) is 2.28. The molecule has 1 aromatic rings. The molecule has 4 nitrogen and oxygen atoms in total. The number of piperazine rings is 1. The number of aromatic nitrogens is 1. The summed E-state index contributed by atoms with van der Waals surface area (Å²) >= 11 is 0. The van der Waals surface area contributed by atoms with Gasteiger partial charge in [0.2, 0.25) is 5.91 Å². The quantitative estimate of drug-likeness (QED) is 0.684. The number of pyridine rings is 1. The van der Waals surface area contributed by atoms with E-state index in [1.165, 1.54) is 0 Å². The number of hydrogen-bond donors (Lipinski definition) is 1. The zero-order valence-electron chi connectivity index (χ0n) is 7.68. The Labute approximate surface area is 81.9 Å². The zero-order valence-corrected chi connectivity index (χ0v) is 7.68. The second-order valence-corrected chi connectivity index (χ2v) is 3.77. The Morgan fingerprint density at radius 3 is 3.14 bits per heavy atom. The highest BCUT2D eigenvalue weighted by atomic mass is 16.2. The van der Waals surface area contributed by atoms with Gasteiger partial charge in [-0.1, -0.05) is 0 Å². The van der Waals surface area contributed by atoms with E-state index in [0.29, 0.717) is 6.04 Å². The van der Waals surface area contributed by atoms with E-state index in [9.17, 15) is 4.79 Å². The van der Waals surface area contributed by atoms with Gasteiger partial charge in [0, 0.05) is 12.7 Å². The molecule has 14 heavy (non-hydrogen) atoms. The van der Waals surface area contributed by atoms with Crippen molar-refractivity contribution >= 4 is 11.6 Å². The van der Waals surface area contributed by atoms with Crippen molar-refractivity contribution in [3.8, 4) is 0 Å². The predicted octanol–water partition coefficient (Wildman–Crippen LogP) is 0.159. The maximum Gasteiger partial charge on any atom is 0.244 e. The average molecular weight is 189 g/mol. The molecule has 2 atom stereocenters. The Hall–Kier alpha value is -1.42. The van der Waals surface area contributed by atoms with Gasteiger partial charge in [-0.2, -0.15) is 0 Å². The number of carbonyl (C=O) groups excluding carboxylic acids is 1. The minimum Gasteiger partial charge on any atom is -0.305 e. The number of carbonyl (C=O) groups is 1. The lowest BCUT2D eigenvalue weighted by molar-refractivity contribution is -0.119. The molecule has 2 bridgehead atoms. The van der Waals surface area contributed by atoms with Crippen molar-refractivity contribution in [2.45, 2.75) is 18.5 Å². The average Bonchev–Trinajstić information content (AvgIpc) is 2.79. The van der Waals surface area contributed by atoms with Gasteiger partial charge in [0.15, 0.2) is 0 Å². The molecule has 0 aromatic carbocycles. The Morgan fingerprint density at radius 2 is 2.50 bits per heavy atom. The van der Waals surface area contributed by atoms with Gasteiger partial charge in [-0.15, -0.1) is 0 Å². The maximum absolute atomic E-state index is 11.8. The highest BCUT2D eigenvalue weighted by Gasteiger charge is 2.45. The van der Waals surface area contributed by atoms with E-state index in [-0.39, 0.29) is 11.9 Å². The Balaban J connectivity index is 1.97. The number of nitrogens with one attached hydrogen (secondary N) is 1. The van der Waals surface area contributed by atoms with Crippen LogP contribution in [0.2, 0.25) is 0 Å². The third-order valence-corrected chi connectivity index (χ3v) is 2.93. The molecule has 2 aliphatic rings. The first-order chi connectivity index (χ1) is 6.86. The topological polar surface area (TPSA) is 45.2 Å². The van der Waals surface area contributed by atoms with E-state index >= 15 is 0 Å². The molecule has 1 N–H and O–H groups in total. The van der Waals surface area contributed by atoms with Crippen LogP contribution < -0.4 is 10.2 Å². The fourth-order valence-electron chi connectivity index (χ4n) is 2.28. The van der Waals surface area contributed by atoms with Gasteiger partial charge >= 0.3 is 0 Å². The second-order valence-electron chi connectivity index (χ2n) is 3.77. The van der Waals surface area contributed by atoms with Crippen molar-refractivity contribution in [1.82, 2.24) is 10.3 Å². The van der Waals surface area contributed by atoms with Crippen molar-refractivity contribution in [3.05, 3.63) is 24.5 Å². The van der Waals surface area contributed by atoms with E-state index in [1.54, 1.807) is 12.4 Å². The minimum atomic E-state index is 0.0419. The van der Waals surface area contributed by atoms with Crippen LogP contribution in [0, 0.1) is 0 Å². The van der Waals surface area contributed by atoms with Crippen molar-refractivity contribution < 1.29 is 4.79 Å². The number of rotatable bonds is 1. The summed E-state index contributed by atoms with van der Waals surface area (Å²) in [6, 6.07) is 4.17. The lowest BCUT2D eigenvalue weighted by Crippen LogP contribution is -2.48. The van der Waals surface area contributed by atoms with E-state index < -0.39 is 0 Å². The first-order valence-corrected chi connectivity index (χ1v) is 4.83. The van der Waals surface area contributed by atoms with Gasteiger partial charge in [0.25, 0.3) is 0 Å². The van der Waals surface area contributed by atoms with Crippen LogP contribution in [-0.4, -0.2) is 29.5 Å². The summed E-state index contributed by atoms with van der Waals surface area (Å²) in [5.41, 5.74) is 0.923. The molecule has 72 valence electrons. The molecule has 3 rings (SSSR count). The van der Waals surface area contributed by atoms with Crippen LogP contribution in [0.5, 0.6) is 0 Å². The summed E-state index contributed by atoms with van der Waals surface area (Å²) in [7, 11) is 0. The molecule has 0 saturated carbocycles. The van der Waals surface area contributed by atoms with Crippen molar-refractivity contribution in [1.29, 1.82) is 0 Å². The number of fused-ring (bicyclic) bond motifs is 2. The number of hydrogen-bond acceptors (Lipinski definition) is 3. The fraction of sp³-hybridized carbons (Fsp3) is 0.400. The van der Waals surface area contributed by atoms with Crippen molar-refractivity contribution in [3.63, 3.8) is 0 Å². The molecular formula is C10H11N3O. The van der Waals surface area contributed by atoms with Crippen LogP contribution in [0.3, 0.4) is 0 Å². The molecule has 4 heteroatoms. The van der Waals surface area contributed by atoms with E-state index in [2.05, 4.69) is 10.3 Å². The van der Waals surface area contributed by atoms with E-state index in [1.807, 2.05) is 17.0 Å². The molecule has 2 saturated heterocycles. The zero-order chi connectivity index (χ0) is 9.54. The third-order valence-electron chi connectivity index (χ3n) is 2.93. The van der Waals surface area contributed by atoms with Gasteiger partial charge < -0.3 is 10.2 Å². The summed E-state index contributed by atoms with van der Waals surface area (Å²) < 4.78 is 0. The standard InChI is InChI=1S/C10H11N3O/c14-10-9-4-8(6-12-9)13(10)7-2-1-3-11-5-7/h1-3,5,8-9,12H,4,6H2/t8-,9-/m0/s1. The largest absolute Gasteiger partial charge is 0.305 e. The molecule has 0 unspecified atom stereocenters. The van der Waals surface area contributed by atoms with Crippen LogP contribution in [0.15, 0.2) is 24.5 Å². The van der Waals surface area contributed by atoms with Gasteiger partial charge in [-0.05, 0) is 18.6 Å². The first kappa shape index (κ1) is 7.94. The third kappa shape index (κ3) is 0.974. The molecule has 0 radical (unpaired) electrons. The molecule has 2 aliphatic heterocycles. The summed E-state index contributed by atoms with van der Waals surface area (Å²) in [5, 5.41) is 3.19. The van der Waals surface area contributed by atoms with Gasteiger partial charge in [-0.3, -0.25) is 9.78 Å². The van der Waals surface area contributed by atoms with E-state index in [0.717, 1.165) is 18.7 Å². The second kappa shape index (κ2) is 2.78. The molecular weight excluding hydrogens is 178 g/mol. The Kier molecular flexibility index (Phi) is 1.58. The number of nitrogens with zero attached hydrogens (tertiary/aromatic N) is 2. The lowest BCUT2D eigenvalue weighted by Gasteiger charge is -2.26. The normalized spacial score (nSPS) is 30.0. The highest BCUT2D eigenvalue weighted by molar-refractivity contribution is 6.01. The SMILES string of the molecule is O=C1[C@@H]2C[C@@H](CN2)N1c1cccnc1. The monoisotopic (exact) mass is 189 g/mol. The summed E-state index contributed by atoms with van der Waals surface area (Å²) in [6.07, 6.45) is 4.41. The number of amides is 1. The van der Waals surface area contributed by atoms with E-state index in [4.69, 9.17) is 0 Å². The van der Waals surface area contributed by atoms with Gasteiger partial charge in [-0.25, -0.2) is 0 Å². The molecule has 2 fully saturated rings. The van der Waals surface area contributed by atoms with Gasteiger partial charge in [0.1, 0.15) is 0 Å². The molecule has 0 spiro atoms. The summed E-state index contributed by atoms with van der Waals surface area (Å²) in [5.74, 6) is 0.189. The van der Waals surface area contributed by atoms with Crippen LogP contribution in [0.1, 0.15) is 6.42 Å². The molecule has 3 heterocycles. The first-order valence-electron chi connectivity index (χ1n) is 4.83. The van der Waals surface area contributed by atoms with Crippen LogP contribution in [0.25, 0.3) is 0 Å². The minimum absolute atomic E-state index is 0.0419. The van der Waals surface area contributed by atoms with Crippen molar-refractivity contribution in [2.24, 2.45) is 0 Å². The molecule has 1 amide bonds. The maximum atomic E-state index is 11.8. The number of anilines is 1. The van der Waals surface area contributed by atoms with Gasteiger partial charge in [0.05, 0.1) is 24.0 Å². The molecule has 1 aromatic heterocycles.